The largest absolute Gasteiger partial charge is 0.496 e. The van der Waals surface area contributed by atoms with Gasteiger partial charge in [0.05, 0.1) is 7.11 Å². The van der Waals surface area contributed by atoms with E-state index in [2.05, 4.69) is 5.32 Å². The monoisotopic (exact) mass is 223 g/mol. The Morgan fingerprint density at radius 3 is 2.88 bits per heavy atom. The summed E-state index contributed by atoms with van der Waals surface area (Å²) >= 11 is 0. The first-order valence-electron chi connectivity index (χ1n) is 5.77. The number of alkyl halides is 1. The van der Waals surface area contributed by atoms with Gasteiger partial charge >= 0.3 is 0 Å². The van der Waals surface area contributed by atoms with Crippen molar-refractivity contribution in [2.45, 2.75) is 32.0 Å². The van der Waals surface area contributed by atoms with E-state index < -0.39 is 6.17 Å². The fourth-order valence-electron chi connectivity index (χ4n) is 2.22. The number of rotatable bonds is 3. The second kappa shape index (κ2) is 4.83. The molecule has 0 bridgehead atoms. The van der Waals surface area contributed by atoms with Crippen molar-refractivity contribution in [3.05, 3.63) is 29.3 Å². The third-order valence-corrected chi connectivity index (χ3v) is 3.15. The highest BCUT2D eigenvalue weighted by molar-refractivity contribution is 5.40. The average molecular weight is 223 g/mol. The summed E-state index contributed by atoms with van der Waals surface area (Å²) in [6.07, 6.45) is 1.34. The van der Waals surface area contributed by atoms with E-state index in [0.717, 1.165) is 29.8 Å². The molecule has 2 atom stereocenters. The maximum absolute atomic E-state index is 13.3. The van der Waals surface area contributed by atoms with Gasteiger partial charge in [-0.15, -0.1) is 0 Å². The molecule has 0 spiro atoms. The molecule has 0 aromatic heterocycles. The average Bonchev–Trinajstić information content (AvgIpc) is 2.81. The number of benzene rings is 1. The predicted octanol–water partition coefficient (Wildman–Crippen LogP) is 3.15. The summed E-state index contributed by atoms with van der Waals surface area (Å²) in [4.78, 5) is 0. The quantitative estimate of drug-likeness (QED) is 0.850. The highest BCUT2D eigenvalue weighted by Gasteiger charge is 2.20. The number of ether oxygens (including phenoxy) is 1. The molecule has 0 saturated carbocycles. The van der Waals surface area contributed by atoms with Gasteiger partial charge < -0.3 is 10.1 Å². The highest BCUT2D eigenvalue weighted by atomic mass is 19.1. The highest BCUT2D eigenvalue weighted by Crippen LogP contribution is 2.33. The minimum Gasteiger partial charge on any atom is -0.496 e. The van der Waals surface area contributed by atoms with Crippen LogP contribution in [0.1, 0.15) is 43.1 Å². The van der Waals surface area contributed by atoms with Crippen LogP contribution in [-0.2, 0) is 0 Å². The molecule has 1 aliphatic heterocycles. The molecule has 1 heterocycles. The predicted molar refractivity (Wildman–Crippen MR) is 62.5 cm³/mol. The van der Waals surface area contributed by atoms with Crippen molar-refractivity contribution >= 4 is 0 Å². The molecule has 1 fully saturated rings. The van der Waals surface area contributed by atoms with Crippen LogP contribution in [0.15, 0.2) is 18.2 Å². The number of hydrogen-bond donors (Lipinski definition) is 1. The molecule has 2 rings (SSSR count). The van der Waals surface area contributed by atoms with E-state index in [4.69, 9.17) is 4.74 Å². The Bertz CT molecular complexity index is 359. The van der Waals surface area contributed by atoms with Gasteiger partial charge in [0.1, 0.15) is 11.9 Å². The molecule has 1 aliphatic rings. The number of methoxy groups -OCH3 is 1. The summed E-state index contributed by atoms with van der Waals surface area (Å²) in [6, 6.07) is 5.89. The Morgan fingerprint density at radius 2 is 2.31 bits per heavy atom. The molecule has 2 nitrogen and oxygen atoms in total. The third-order valence-electron chi connectivity index (χ3n) is 3.15. The Balaban J connectivity index is 2.34. The fraction of sp³-hybridized carbons (Fsp3) is 0.538. The van der Waals surface area contributed by atoms with Crippen LogP contribution in [0.3, 0.4) is 0 Å². The van der Waals surface area contributed by atoms with E-state index in [9.17, 15) is 4.39 Å². The Kier molecular flexibility index (Phi) is 3.44. The SMILES string of the molecule is COc1ccc(C(C)F)cc1C1CCCN1. The molecule has 88 valence electrons. The molecule has 2 unspecified atom stereocenters. The van der Waals surface area contributed by atoms with Gasteiger partial charge in [0.2, 0.25) is 0 Å². The van der Waals surface area contributed by atoms with Gasteiger partial charge in [-0.25, -0.2) is 4.39 Å². The lowest BCUT2D eigenvalue weighted by molar-refractivity contribution is 0.371. The first-order valence-corrected chi connectivity index (χ1v) is 5.77. The number of nitrogens with one attached hydrogen (secondary N) is 1. The zero-order valence-electron chi connectivity index (χ0n) is 9.79. The first-order chi connectivity index (χ1) is 7.72. The molecule has 1 N–H and O–H groups in total. The molecular formula is C13H18FNO. The summed E-state index contributed by atoms with van der Waals surface area (Å²) < 4.78 is 18.6. The lowest BCUT2D eigenvalue weighted by atomic mass is 10.00. The maximum atomic E-state index is 13.3. The van der Waals surface area contributed by atoms with Crippen LogP contribution in [0, 0.1) is 0 Å². The molecule has 0 radical (unpaired) electrons. The molecular weight excluding hydrogens is 205 g/mol. The Hall–Kier alpha value is -1.09. The van der Waals surface area contributed by atoms with Gasteiger partial charge in [-0.1, -0.05) is 6.07 Å². The van der Waals surface area contributed by atoms with Gasteiger partial charge in [0.15, 0.2) is 0 Å². The van der Waals surface area contributed by atoms with E-state index >= 15 is 0 Å². The van der Waals surface area contributed by atoms with Gasteiger partial charge in [0.25, 0.3) is 0 Å². The first kappa shape index (κ1) is 11.4. The molecule has 16 heavy (non-hydrogen) atoms. The van der Waals surface area contributed by atoms with Crippen LogP contribution in [0.4, 0.5) is 4.39 Å². The lowest BCUT2D eigenvalue weighted by Crippen LogP contribution is -2.14. The molecule has 1 aromatic rings. The van der Waals surface area contributed by atoms with Crippen molar-refractivity contribution in [3.63, 3.8) is 0 Å². The topological polar surface area (TPSA) is 21.3 Å². The van der Waals surface area contributed by atoms with Crippen LogP contribution in [0.2, 0.25) is 0 Å². The van der Waals surface area contributed by atoms with Crippen LogP contribution in [0.25, 0.3) is 0 Å². The van der Waals surface area contributed by atoms with Crippen molar-refractivity contribution < 1.29 is 9.13 Å². The minimum atomic E-state index is -0.925. The van der Waals surface area contributed by atoms with Gasteiger partial charge in [0, 0.05) is 11.6 Å². The van der Waals surface area contributed by atoms with Crippen molar-refractivity contribution in [2.24, 2.45) is 0 Å². The van der Waals surface area contributed by atoms with Crippen molar-refractivity contribution in [3.8, 4) is 5.75 Å². The fourth-order valence-corrected chi connectivity index (χ4v) is 2.22. The normalized spacial score (nSPS) is 22.1. The molecule has 0 aliphatic carbocycles. The minimum absolute atomic E-state index is 0.314. The lowest BCUT2D eigenvalue weighted by Gasteiger charge is -2.16. The van der Waals surface area contributed by atoms with Gasteiger partial charge in [-0.3, -0.25) is 0 Å². The summed E-state index contributed by atoms with van der Waals surface area (Å²) in [6.45, 7) is 2.59. The van der Waals surface area contributed by atoms with E-state index in [1.165, 1.54) is 6.42 Å². The smallest absolute Gasteiger partial charge is 0.123 e. The van der Waals surface area contributed by atoms with E-state index in [-0.39, 0.29) is 0 Å². The summed E-state index contributed by atoms with van der Waals surface area (Å²) in [5.41, 5.74) is 1.81. The van der Waals surface area contributed by atoms with Crippen LogP contribution < -0.4 is 10.1 Å². The zero-order valence-corrected chi connectivity index (χ0v) is 9.79. The van der Waals surface area contributed by atoms with Crippen LogP contribution in [0.5, 0.6) is 5.75 Å². The second-order valence-electron chi connectivity index (χ2n) is 4.27. The molecule has 1 saturated heterocycles. The van der Waals surface area contributed by atoms with Gasteiger partial charge in [-0.05, 0) is 44.0 Å². The van der Waals surface area contributed by atoms with E-state index in [1.54, 1.807) is 20.1 Å². The van der Waals surface area contributed by atoms with Crippen molar-refractivity contribution in [2.75, 3.05) is 13.7 Å². The molecule has 1 aromatic carbocycles. The third kappa shape index (κ3) is 2.19. The summed E-state index contributed by atoms with van der Waals surface area (Å²) in [5.74, 6) is 0.851. The zero-order chi connectivity index (χ0) is 11.5. The van der Waals surface area contributed by atoms with Crippen molar-refractivity contribution in [1.29, 1.82) is 0 Å². The molecule has 0 amide bonds. The standard InChI is InChI=1S/C13H18FNO/c1-9(14)10-5-6-13(16-2)11(8-10)12-4-3-7-15-12/h5-6,8-9,12,15H,3-4,7H2,1-2H3. The number of halogens is 1. The summed E-state index contributed by atoms with van der Waals surface area (Å²) in [7, 11) is 1.66. The molecule has 3 heteroatoms. The van der Waals surface area contributed by atoms with Crippen LogP contribution >= 0.6 is 0 Å². The van der Waals surface area contributed by atoms with E-state index in [0.29, 0.717) is 6.04 Å². The van der Waals surface area contributed by atoms with Crippen molar-refractivity contribution in [1.82, 2.24) is 5.32 Å². The van der Waals surface area contributed by atoms with E-state index in [1.807, 2.05) is 12.1 Å². The number of hydrogen-bond acceptors (Lipinski definition) is 2. The van der Waals surface area contributed by atoms with Gasteiger partial charge in [-0.2, -0.15) is 0 Å². The maximum Gasteiger partial charge on any atom is 0.123 e. The van der Waals surface area contributed by atoms with Crippen LogP contribution in [-0.4, -0.2) is 13.7 Å². The Morgan fingerprint density at radius 1 is 1.50 bits per heavy atom. The summed E-state index contributed by atoms with van der Waals surface area (Å²) in [5, 5.41) is 3.41. The second-order valence-corrected chi connectivity index (χ2v) is 4.27. The Labute approximate surface area is 95.8 Å².